The second-order valence-corrected chi connectivity index (χ2v) is 3.12. The van der Waals surface area contributed by atoms with Crippen LogP contribution >= 0.6 is 0 Å². The maximum Gasteiger partial charge on any atom is 0.0739 e. The lowest BCUT2D eigenvalue weighted by Gasteiger charge is -1.84. The van der Waals surface area contributed by atoms with Crippen molar-refractivity contribution >= 4 is 0 Å². The number of rotatable bonds is 6. The molecule has 0 unspecified atom stereocenters. The molecule has 0 saturated heterocycles. The van der Waals surface area contributed by atoms with E-state index in [1.165, 1.54) is 38.5 Å². The van der Waals surface area contributed by atoms with Crippen LogP contribution in [-0.4, -0.2) is 13.1 Å². The predicted molar refractivity (Wildman–Crippen MR) is 54.6 cm³/mol. The van der Waals surface area contributed by atoms with Crippen molar-refractivity contribution in [2.45, 2.75) is 52.4 Å². The first-order valence-electron chi connectivity index (χ1n) is 5.41. The lowest BCUT2D eigenvalue weighted by Crippen LogP contribution is -3.00. The van der Waals surface area contributed by atoms with E-state index in [9.17, 15) is 0 Å². The van der Waals surface area contributed by atoms with Gasteiger partial charge >= 0.3 is 0 Å². The SMILES string of the molecule is CCCCC[NH3+].CCCCC[NH3+].[Br-].[Cl-]. The lowest BCUT2D eigenvalue weighted by atomic mass is 10.3. The third kappa shape index (κ3) is 38.7. The number of halogens is 2. The zero-order valence-electron chi connectivity index (χ0n) is 9.83. The molecule has 0 saturated carbocycles. The molecule has 0 aromatic rings. The third-order valence-corrected chi connectivity index (χ3v) is 1.71. The van der Waals surface area contributed by atoms with Crippen LogP contribution in [0.1, 0.15) is 52.4 Å². The van der Waals surface area contributed by atoms with E-state index >= 15 is 0 Å². The number of quaternary nitrogens is 2. The van der Waals surface area contributed by atoms with E-state index in [0.717, 1.165) is 13.1 Å². The Labute approximate surface area is 106 Å². The van der Waals surface area contributed by atoms with Crippen LogP contribution in [0, 0.1) is 0 Å². The summed E-state index contributed by atoms with van der Waals surface area (Å²) < 4.78 is 0. The second-order valence-electron chi connectivity index (χ2n) is 3.12. The van der Waals surface area contributed by atoms with E-state index in [0.29, 0.717) is 0 Å². The van der Waals surface area contributed by atoms with Crippen molar-refractivity contribution in [1.29, 1.82) is 0 Å². The van der Waals surface area contributed by atoms with Gasteiger partial charge in [0.25, 0.3) is 0 Å². The maximum absolute atomic E-state index is 3.72. The summed E-state index contributed by atoms with van der Waals surface area (Å²) in [4.78, 5) is 0. The minimum Gasteiger partial charge on any atom is -1.00 e. The Hall–Kier alpha value is 0.690. The molecule has 0 atom stereocenters. The van der Waals surface area contributed by atoms with Crippen LogP contribution in [0.2, 0.25) is 0 Å². The number of hydrogen-bond acceptors (Lipinski definition) is 0. The average Bonchev–Trinajstić information content (AvgIpc) is 2.12. The van der Waals surface area contributed by atoms with Crippen LogP contribution in [0.5, 0.6) is 0 Å². The molecule has 4 heteroatoms. The Balaban J connectivity index is -0.0000000625. The summed E-state index contributed by atoms with van der Waals surface area (Å²) in [5.41, 5.74) is 7.45. The van der Waals surface area contributed by atoms with Crippen molar-refractivity contribution in [1.82, 2.24) is 0 Å². The Morgan fingerprint density at radius 3 is 1.07 bits per heavy atom. The van der Waals surface area contributed by atoms with Gasteiger partial charge in [-0.15, -0.1) is 0 Å². The summed E-state index contributed by atoms with van der Waals surface area (Å²) in [5, 5.41) is 0. The largest absolute Gasteiger partial charge is 1.00 e. The van der Waals surface area contributed by atoms with E-state index in [1.807, 2.05) is 0 Å². The van der Waals surface area contributed by atoms with Crippen molar-refractivity contribution < 1.29 is 40.9 Å². The molecule has 0 aromatic heterocycles. The van der Waals surface area contributed by atoms with Crippen molar-refractivity contribution in [2.24, 2.45) is 0 Å². The van der Waals surface area contributed by atoms with Gasteiger partial charge in [0.05, 0.1) is 13.1 Å². The van der Waals surface area contributed by atoms with Crippen molar-refractivity contribution in [3.63, 3.8) is 0 Å². The summed E-state index contributed by atoms with van der Waals surface area (Å²) in [6.07, 6.45) is 7.94. The first-order chi connectivity index (χ1) is 5.83. The van der Waals surface area contributed by atoms with Crippen molar-refractivity contribution in [3.8, 4) is 0 Å². The van der Waals surface area contributed by atoms with E-state index in [2.05, 4.69) is 25.3 Å². The molecule has 0 spiro atoms. The molecule has 0 amide bonds. The monoisotopic (exact) mass is 290 g/mol. The van der Waals surface area contributed by atoms with Gasteiger partial charge in [0.15, 0.2) is 0 Å². The Morgan fingerprint density at radius 1 is 0.714 bits per heavy atom. The van der Waals surface area contributed by atoms with Gasteiger partial charge in [-0.05, 0) is 25.7 Å². The van der Waals surface area contributed by atoms with Gasteiger partial charge < -0.3 is 40.9 Å². The first kappa shape index (κ1) is 24.1. The molecule has 14 heavy (non-hydrogen) atoms. The van der Waals surface area contributed by atoms with E-state index in [-0.39, 0.29) is 29.4 Å². The molecule has 0 heterocycles. The number of hydrogen-bond donors (Lipinski definition) is 2. The summed E-state index contributed by atoms with van der Waals surface area (Å²) in [6, 6.07) is 0. The smallest absolute Gasteiger partial charge is 0.0739 e. The zero-order valence-corrected chi connectivity index (χ0v) is 12.2. The first-order valence-corrected chi connectivity index (χ1v) is 5.41. The highest BCUT2D eigenvalue weighted by Crippen LogP contribution is 1.88. The van der Waals surface area contributed by atoms with Crippen LogP contribution in [0.4, 0.5) is 0 Å². The summed E-state index contributed by atoms with van der Waals surface area (Å²) in [5.74, 6) is 0. The van der Waals surface area contributed by atoms with Gasteiger partial charge in [-0.3, -0.25) is 0 Å². The standard InChI is InChI=1S/2C5H13N.BrH.ClH/c2*1-2-3-4-5-6;;/h2*2-6H2,1H3;2*1H. The van der Waals surface area contributed by atoms with Gasteiger partial charge in [0.2, 0.25) is 0 Å². The normalized spacial score (nSPS) is 7.71. The second kappa shape index (κ2) is 29.2. The minimum absolute atomic E-state index is 0. The van der Waals surface area contributed by atoms with Crippen LogP contribution in [0.25, 0.3) is 0 Å². The van der Waals surface area contributed by atoms with Crippen LogP contribution in [0.3, 0.4) is 0 Å². The highest BCUT2D eigenvalue weighted by molar-refractivity contribution is 4.30. The zero-order chi connectivity index (χ0) is 9.66. The predicted octanol–water partition coefficient (Wildman–Crippen LogP) is -5.16. The van der Waals surface area contributed by atoms with Gasteiger partial charge in [0.1, 0.15) is 0 Å². The van der Waals surface area contributed by atoms with Gasteiger partial charge in [-0.2, -0.15) is 0 Å². The van der Waals surface area contributed by atoms with E-state index < -0.39 is 0 Å². The fourth-order valence-corrected chi connectivity index (χ4v) is 0.854. The van der Waals surface area contributed by atoms with Crippen molar-refractivity contribution in [3.05, 3.63) is 0 Å². The molecule has 92 valence electrons. The molecule has 0 rings (SSSR count). The summed E-state index contributed by atoms with van der Waals surface area (Å²) in [7, 11) is 0. The van der Waals surface area contributed by atoms with Crippen LogP contribution in [-0.2, 0) is 0 Å². The molecule has 0 aliphatic rings. The van der Waals surface area contributed by atoms with E-state index in [1.54, 1.807) is 0 Å². The molecule has 0 aliphatic heterocycles. The van der Waals surface area contributed by atoms with Gasteiger partial charge in [-0.1, -0.05) is 26.7 Å². The molecule has 6 N–H and O–H groups in total. The molecule has 2 nitrogen and oxygen atoms in total. The van der Waals surface area contributed by atoms with Crippen LogP contribution < -0.4 is 40.9 Å². The van der Waals surface area contributed by atoms with Gasteiger partial charge in [0, 0.05) is 0 Å². The quantitative estimate of drug-likeness (QED) is 0.460. The Kier molecular flexibility index (Phi) is 50.2. The third-order valence-electron chi connectivity index (χ3n) is 1.71. The molecule has 0 fully saturated rings. The number of unbranched alkanes of at least 4 members (excludes halogenated alkanes) is 4. The Morgan fingerprint density at radius 2 is 1.00 bits per heavy atom. The molecule has 0 aliphatic carbocycles. The fraction of sp³-hybridized carbons (Fsp3) is 1.00. The maximum atomic E-state index is 3.72. The molecule has 0 aromatic carbocycles. The summed E-state index contributed by atoms with van der Waals surface area (Å²) >= 11 is 0. The summed E-state index contributed by atoms with van der Waals surface area (Å²) in [6.45, 7) is 6.62. The molecular formula is C10H28BrClN2. The highest BCUT2D eigenvalue weighted by atomic mass is 79.9. The molecule has 0 bridgehead atoms. The Bertz CT molecular complexity index is 50.1. The van der Waals surface area contributed by atoms with Crippen LogP contribution in [0.15, 0.2) is 0 Å². The van der Waals surface area contributed by atoms with Gasteiger partial charge in [-0.25, -0.2) is 0 Å². The molecule has 0 radical (unpaired) electrons. The highest BCUT2D eigenvalue weighted by Gasteiger charge is 1.78. The van der Waals surface area contributed by atoms with E-state index in [4.69, 9.17) is 0 Å². The van der Waals surface area contributed by atoms with Crippen molar-refractivity contribution in [2.75, 3.05) is 13.1 Å². The lowest BCUT2D eigenvalue weighted by molar-refractivity contribution is -0.368. The minimum atomic E-state index is 0. The topological polar surface area (TPSA) is 55.3 Å². The molecular weight excluding hydrogens is 263 g/mol. The fourth-order valence-electron chi connectivity index (χ4n) is 0.854. The average molecular weight is 292 g/mol.